The molecule has 0 aliphatic heterocycles. The lowest BCUT2D eigenvalue weighted by Crippen LogP contribution is -2.46. The lowest BCUT2D eigenvalue weighted by Gasteiger charge is -2.30. The Morgan fingerprint density at radius 3 is 2.47 bits per heavy atom. The summed E-state index contributed by atoms with van der Waals surface area (Å²) in [5.41, 5.74) is 0. The minimum Gasteiger partial charge on any atom is -0.383 e. The maximum atomic E-state index is 5.36. The number of hydrogen-bond donors (Lipinski definition) is 1. The van der Waals surface area contributed by atoms with E-state index in [1.165, 1.54) is 19.4 Å². The van der Waals surface area contributed by atoms with Crippen LogP contribution >= 0.6 is 0 Å². The first-order valence-electron chi connectivity index (χ1n) is 7.11. The monoisotopic (exact) mass is 242 g/mol. The summed E-state index contributed by atoms with van der Waals surface area (Å²) in [5, 5.41) is 3.56. The molecule has 0 aromatic heterocycles. The molecule has 0 spiro atoms. The standard InChI is InChI=1S/C14H30N2O/c1-5-16(10-13-6-7-13)14(11-17-4)9-15-8-12(2)3/h12-15H,5-11H2,1-4H3. The van der Waals surface area contributed by atoms with E-state index < -0.39 is 0 Å². The molecule has 0 heterocycles. The van der Waals surface area contributed by atoms with E-state index in [1.807, 2.05) is 0 Å². The van der Waals surface area contributed by atoms with Crippen LogP contribution in [0, 0.1) is 11.8 Å². The van der Waals surface area contributed by atoms with Crippen molar-refractivity contribution in [1.29, 1.82) is 0 Å². The van der Waals surface area contributed by atoms with Gasteiger partial charge < -0.3 is 10.1 Å². The Labute approximate surface area is 107 Å². The maximum absolute atomic E-state index is 5.36. The fraction of sp³-hybridized carbons (Fsp3) is 1.00. The molecule has 3 nitrogen and oxygen atoms in total. The van der Waals surface area contributed by atoms with Gasteiger partial charge in [-0.2, -0.15) is 0 Å². The van der Waals surface area contributed by atoms with Gasteiger partial charge in [-0.05, 0) is 37.8 Å². The van der Waals surface area contributed by atoms with Gasteiger partial charge in [0.25, 0.3) is 0 Å². The zero-order valence-electron chi connectivity index (χ0n) is 12.0. The summed E-state index contributed by atoms with van der Waals surface area (Å²) in [5.74, 6) is 1.68. The largest absolute Gasteiger partial charge is 0.383 e. The number of rotatable bonds is 10. The SMILES string of the molecule is CCN(CC1CC1)C(CNCC(C)C)COC. The normalized spacial score (nSPS) is 18.0. The first-order chi connectivity index (χ1) is 8.17. The Morgan fingerprint density at radius 1 is 1.29 bits per heavy atom. The van der Waals surface area contributed by atoms with Crippen molar-refractivity contribution in [3.63, 3.8) is 0 Å². The van der Waals surface area contributed by atoms with E-state index in [9.17, 15) is 0 Å². The molecule has 1 atom stereocenters. The summed E-state index contributed by atoms with van der Waals surface area (Å²) in [4.78, 5) is 2.58. The van der Waals surface area contributed by atoms with E-state index in [0.29, 0.717) is 6.04 Å². The molecule has 3 heteroatoms. The topological polar surface area (TPSA) is 24.5 Å². The van der Waals surface area contributed by atoms with E-state index in [-0.39, 0.29) is 0 Å². The third-order valence-corrected chi connectivity index (χ3v) is 3.40. The molecule has 1 N–H and O–H groups in total. The molecule has 0 radical (unpaired) electrons. The fourth-order valence-corrected chi connectivity index (χ4v) is 2.19. The second-order valence-electron chi connectivity index (χ2n) is 5.69. The number of nitrogens with zero attached hydrogens (tertiary/aromatic N) is 1. The highest BCUT2D eigenvalue weighted by Crippen LogP contribution is 2.30. The molecular formula is C14H30N2O. The summed E-state index contributed by atoms with van der Waals surface area (Å²) in [6.07, 6.45) is 2.85. The van der Waals surface area contributed by atoms with Gasteiger partial charge in [-0.1, -0.05) is 20.8 Å². The van der Waals surface area contributed by atoms with Gasteiger partial charge in [0.05, 0.1) is 6.61 Å². The van der Waals surface area contributed by atoms with Crippen LogP contribution in [0.25, 0.3) is 0 Å². The molecule has 1 unspecified atom stereocenters. The minimum atomic E-state index is 0.532. The van der Waals surface area contributed by atoms with Crippen LogP contribution in [0.1, 0.15) is 33.6 Å². The molecular weight excluding hydrogens is 212 g/mol. The van der Waals surface area contributed by atoms with E-state index in [1.54, 1.807) is 7.11 Å². The van der Waals surface area contributed by atoms with Crippen LogP contribution in [-0.2, 0) is 4.74 Å². The molecule has 102 valence electrons. The summed E-state index contributed by atoms with van der Waals surface area (Å²) in [6, 6.07) is 0.532. The first kappa shape index (κ1) is 14.9. The van der Waals surface area contributed by atoms with Crippen LogP contribution < -0.4 is 5.32 Å². The molecule has 1 saturated carbocycles. The van der Waals surface area contributed by atoms with E-state index in [2.05, 4.69) is 31.0 Å². The predicted molar refractivity (Wildman–Crippen MR) is 73.3 cm³/mol. The van der Waals surface area contributed by atoms with Gasteiger partial charge in [0.15, 0.2) is 0 Å². The number of methoxy groups -OCH3 is 1. The van der Waals surface area contributed by atoms with Gasteiger partial charge in [0, 0.05) is 26.2 Å². The summed E-state index contributed by atoms with van der Waals surface area (Å²) in [6.45, 7) is 12.1. The molecule has 0 aromatic rings. The maximum Gasteiger partial charge on any atom is 0.0630 e. The van der Waals surface area contributed by atoms with Gasteiger partial charge in [-0.3, -0.25) is 4.90 Å². The van der Waals surface area contributed by atoms with Crippen molar-refractivity contribution >= 4 is 0 Å². The average molecular weight is 242 g/mol. The van der Waals surface area contributed by atoms with Crippen molar-refractivity contribution in [2.45, 2.75) is 39.7 Å². The van der Waals surface area contributed by atoms with Crippen LogP contribution in [0.3, 0.4) is 0 Å². The molecule has 0 saturated heterocycles. The van der Waals surface area contributed by atoms with Gasteiger partial charge in [-0.25, -0.2) is 0 Å². The number of hydrogen-bond acceptors (Lipinski definition) is 3. The van der Waals surface area contributed by atoms with Crippen molar-refractivity contribution in [1.82, 2.24) is 10.2 Å². The molecule has 1 fully saturated rings. The van der Waals surface area contributed by atoms with Crippen LogP contribution in [-0.4, -0.2) is 50.8 Å². The number of nitrogens with one attached hydrogen (secondary N) is 1. The van der Waals surface area contributed by atoms with Crippen molar-refractivity contribution < 1.29 is 4.74 Å². The molecule has 0 bridgehead atoms. The van der Waals surface area contributed by atoms with Gasteiger partial charge in [-0.15, -0.1) is 0 Å². The fourth-order valence-electron chi connectivity index (χ4n) is 2.19. The van der Waals surface area contributed by atoms with Crippen LogP contribution in [0.5, 0.6) is 0 Å². The van der Waals surface area contributed by atoms with Gasteiger partial charge >= 0.3 is 0 Å². The quantitative estimate of drug-likeness (QED) is 0.634. The van der Waals surface area contributed by atoms with Gasteiger partial charge in [0.1, 0.15) is 0 Å². The van der Waals surface area contributed by atoms with E-state index in [0.717, 1.165) is 38.1 Å². The lowest BCUT2D eigenvalue weighted by molar-refractivity contribution is 0.0889. The second-order valence-corrected chi connectivity index (χ2v) is 5.69. The molecule has 1 aliphatic carbocycles. The van der Waals surface area contributed by atoms with E-state index in [4.69, 9.17) is 4.74 Å². The minimum absolute atomic E-state index is 0.532. The van der Waals surface area contributed by atoms with Crippen LogP contribution in [0.15, 0.2) is 0 Å². The van der Waals surface area contributed by atoms with Crippen LogP contribution in [0.2, 0.25) is 0 Å². The summed E-state index contributed by atoms with van der Waals surface area (Å²) >= 11 is 0. The molecule has 1 rings (SSSR count). The Kier molecular flexibility index (Phi) is 7.09. The van der Waals surface area contributed by atoms with Crippen molar-refractivity contribution in [2.75, 3.05) is 39.9 Å². The third kappa shape index (κ3) is 6.39. The van der Waals surface area contributed by atoms with Crippen molar-refractivity contribution in [2.24, 2.45) is 11.8 Å². The highest BCUT2D eigenvalue weighted by Gasteiger charge is 2.27. The molecule has 17 heavy (non-hydrogen) atoms. The average Bonchev–Trinajstić information content (AvgIpc) is 3.08. The highest BCUT2D eigenvalue weighted by molar-refractivity contribution is 4.81. The number of likely N-dealkylation sites (N-methyl/N-ethyl adjacent to an activating group) is 1. The molecule has 1 aliphatic rings. The van der Waals surface area contributed by atoms with Gasteiger partial charge in [0.2, 0.25) is 0 Å². The Morgan fingerprint density at radius 2 is 2.00 bits per heavy atom. The lowest BCUT2D eigenvalue weighted by atomic mass is 10.2. The van der Waals surface area contributed by atoms with Crippen molar-refractivity contribution in [3.8, 4) is 0 Å². The summed E-state index contributed by atoms with van der Waals surface area (Å²) in [7, 11) is 1.81. The van der Waals surface area contributed by atoms with Crippen molar-refractivity contribution in [3.05, 3.63) is 0 Å². The highest BCUT2D eigenvalue weighted by atomic mass is 16.5. The first-order valence-corrected chi connectivity index (χ1v) is 7.11. The second kappa shape index (κ2) is 8.06. The zero-order valence-corrected chi connectivity index (χ0v) is 12.0. The van der Waals surface area contributed by atoms with E-state index >= 15 is 0 Å². The Hall–Kier alpha value is -0.120. The Bertz CT molecular complexity index is 193. The zero-order chi connectivity index (χ0) is 12.7. The molecule has 0 aromatic carbocycles. The predicted octanol–water partition coefficient (Wildman–Crippen LogP) is 1.98. The third-order valence-electron chi connectivity index (χ3n) is 3.40. The Balaban J connectivity index is 2.31. The van der Waals surface area contributed by atoms with Crippen LogP contribution in [0.4, 0.5) is 0 Å². The molecule has 0 amide bonds. The number of ether oxygens (including phenoxy) is 1. The smallest absolute Gasteiger partial charge is 0.0630 e. The summed E-state index contributed by atoms with van der Waals surface area (Å²) < 4.78 is 5.36.